The Morgan fingerprint density at radius 3 is 2.56 bits per heavy atom. The lowest BCUT2D eigenvalue weighted by Crippen LogP contribution is -2.18. The lowest BCUT2D eigenvalue weighted by Gasteiger charge is -2.22. The molecule has 0 saturated heterocycles. The summed E-state index contributed by atoms with van der Waals surface area (Å²) in [6, 6.07) is 8.47. The smallest absolute Gasteiger partial charge is 0.355 e. The minimum absolute atomic E-state index is 0.0861. The van der Waals surface area contributed by atoms with E-state index in [1.54, 1.807) is 0 Å². The van der Waals surface area contributed by atoms with E-state index in [1.807, 2.05) is 13.8 Å². The SMILES string of the molecule is CCOCCOC(=O)c1[nH]c2c(c1C)C(=O)C[C@H](c1ccc(CC)cc1)C2. The number of ether oxygens (including phenoxy) is 2. The molecule has 0 bridgehead atoms. The fraction of sp³-hybridized carbons (Fsp3) is 0.455. The molecule has 1 N–H and O–H groups in total. The van der Waals surface area contributed by atoms with Crippen molar-refractivity contribution in [3.63, 3.8) is 0 Å². The van der Waals surface area contributed by atoms with Gasteiger partial charge in [-0.2, -0.15) is 0 Å². The zero-order valence-corrected chi connectivity index (χ0v) is 16.3. The number of Topliss-reactive ketones (excluding diaryl/α,β-unsaturated/α-hetero) is 1. The number of benzene rings is 1. The Balaban J connectivity index is 1.77. The van der Waals surface area contributed by atoms with Gasteiger partial charge in [0.1, 0.15) is 12.3 Å². The summed E-state index contributed by atoms with van der Waals surface area (Å²) in [4.78, 5) is 28.3. The van der Waals surface area contributed by atoms with Crippen LogP contribution in [0.25, 0.3) is 0 Å². The van der Waals surface area contributed by atoms with Gasteiger partial charge in [-0.05, 0) is 49.3 Å². The molecule has 0 unspecified atom stereocenters. The lowest BCUT2D eigenvalue weighted by molar-refractivity contribution is 0.0329. The van der Waals surface area contributed by atoms with Crippen molar-refractivity contribution in [1.82, 2.24) is 4.98 Å². The topological polar surface area (TPSA) is 68.4 Å². The van der Waals surface area contributed by atoms with Crippen molar-refractivity contribution in [2.75, 3.05) is 19.8 Å². The molecule has 0 aliphatic heterocycles. The fourth-order valence-corrected chi connectivity index (χ4v) is 3.71. The van der Waals surface area contributed by atoms with Crippen LogP contribution in [0.3, 0.4) is 0 Å². The highest BCUT2D eigenvalue weighted by molar-refractivity contribution is 6.03. The average Bonchev–Trinajstić information content (AvgIpc) is 3.02. The summed E-state index contributed by atoms with van der Waals surface area (Å²) in [5.41, 5.74) is 5.02. The van der Waals surface area contributed by atoms with Crippen molar-refractivity contribution in [3.05, 3.63) is 57.9 Å². The second-order valence-corrected chi connectivity index (χ2v) is 6.93. The number of aryl methyl sites for hydroxylation is 1. The van der Waals surface area contributed by atoms with Gasteiger partial charge in [0.25, 0.3) is 0 Å². The molecule has 1 aromatic heterocycles. The predicted molar refractivity (Wildman–Crippen MR) is 104 cm³/mol. The van der Waals surface area contributed by atoms with Crippen molar-refractivity contribution < 1.29 is 19.1 Å². The Kier molecular flexibility index (Phi) is 6.11. The van der Waals surface area contributed by atoms with E-state index in [4.69, 9.17) is 9.47 Å². The van der Waals surface area contributed by atoms with Crippen molar-refractivity contribution in [2.45, 2.75) is 46.0 Å². The minimum atomic E-state index is -0.432. The summed E-state index contributed by atoms with van der Waals surface area (Å²) >= 11 is 0. The maximum atomic E-state index is 12.8. The Hall–Kier alpha value is -2.40. The number of carbonyl (C=O) groups is 2. The molecule has 0 saturated carbocycles. The third-order valence-corrected chi connectivity index (χ3v) is 5.22. The van der Waals surface area contributed by atoms with Crippen LogP contribution in [0.5, 0.6) is 0 Å². The van der Waals surface area contributed by atoms with Crippen LogP contribution in [0.4, 0.5) is 0 Å². The molecule has 3 rings (SSSR count). The van der Waals surface area contributed by atoms with Crippen molar-refractivity contribution in [1.29, 1.82) is 0 Å². The molecule has 144 valence electrons. The first-order valence-corrected chi connectivity index (χ1v) is 9.63. The zero-order chi connectivity index (χ0) is 19.4. The Labute approximate surface area is 160 Å². The monoisotopic (exact) mass is 369 g/mol. The average molecular weight is 369 g/mol. The summed E-state index contributed by atoms with van der Waals surface area (Å²) in [6.07, 6.45) is 2.19. The molecule has 1 aliphatic rings. The first kappa shape index (κ1) is 19.4. The van der Waals surface area contributed by atoms with Gasteiger partial charge in [0.2, 0.25) is 0 Å². The second kappa shape index (κ2) is 8.53. The number of hydrogen-bond donors (Lipinski definition) is 1. The van der Waals surface area contributed by atoms with E-state index < -0.39 is 5.97 Å². The number of carbonyl (C=O) groups excluding carboxylic acids is 2. The lowest BCUT2D eigenvalue weighted by atomic mass is 9.81. The molecule has 0 radical (unpaired) electrons. The van der Waals surface area contributed by atoms with Crippen molar-refractivity contribution in [3.8, 4) is 0 Å². The van der Waals surface area contributed by atoms with E-state index in [2.05, 4.69) is 36.2 Å². The van der Waals surface area contributed by atoms with Crippen molar-refractivity contribution >= 4 is 11.8 Å². The zero-order valence-electron chi connectivity index (χ0n) is 16.3. The Bertz CT molecular complexity index is 820. The number of nitrogens with one attached hydrogen (secondary N) is 1. The van der Waals surface area contributed by atoms with Gasteiger partial charge in [-0.25, -0.2) is 4.79 Å². The number of fused-ring (bicyclic) bond motifs is 1. The first-order chi connectivity index (χ1) is 13.0. The molecule has 1 heterocycles. The summed E-state index contributed by atoms with van der Waals surface area (Å²) < 4.78 is 10.4. The van der Waals surface area contributed by atoms with Crippen LogP contribution in [0.15, 0.2) is 24.3 Å². The van der Waals surface area contributed by atoms with Crippen LogP contribution in [0.1, 0.15) is 69.4 Å². The van der Waals surface area contributed by atoms with Gasteiger partial charge >= 0.3 is 5.97 Å². The molecule has 1 atom stereocenters. The van der Waals surface area contributed by atoms with Gasteiger partial charge in [-0.15, -0.1) is 0 Å². The van der Waals surface area contributed by atoms with Gasteiger partial charge in [-0.3, -0.25) is 4.79 Å². The van der Waals surface area contributed by atoms with Gasteiger partial charge in [-0.1, -0.05) is 31.2 Å². The number of H-pyrrole nitrogens is 1. The number of rotatable bonds is 7. The summed E-state index contributed by atoms with van der Waals surface area (Å²) in [5, 5.41) is 0. The van der Waals surface area contributed by atoms with E-state index in [1.165, 1.54) is 11.1 Å². The maximum absolute atomic E-state index is 12.8. The highest BCUT2D eigenvalue weighted by atomic mass is 16.6. The number of aromatic amines is 1. The highest BCUT2D eigenvalue weighted by Crippen LogP contribution is 2.35. The summed E-state index contributed by atoms with van der Waals surface area (Å²) in [7, 11) is 0. The molecular weight excluding hydrogens is 342 g/mol. The largest absolute Gasteiger partial charge is 0.459 e. The third-order valence-electron chi connectivity index (χ3n) is 5.22. The third kappa shape index (κ3) is 4.14. The van der Waals surface area contributed by atoms with E-state index in [9.17, 15) is 9.59 Å². The Morgan fingerprint density at radius 2 is 1.89 bits per heavy atom. The molecular formula is C22H27NO4. The first-order valence-electron chi connectivity index (χ1n) is 9.63. The minimum Gasteiger partial charge on any atom is -0.459 e. The second-order valence-electron chi connectivity index (χ2n) is 6.93. The van der Waals surface area contributed by atoms with E-state index >= 15 is 0 Å². The van der Waals surface area contributed by atoms with Crippen LogP contribution >= 0.6 is 0 Å². The van der Waals surface area contributed by atoms with Crippen LogP contribution in [-0.2, 0) is 22.3 Å². The number of aromatic nitrogens is 1. The van der Waals surface area contributed by atoms with Crippen LogP contribution < -0.4 is 0 Å². The van der Waals surface area contributed by atoms with E-state index in [0.717, 1.165) is 18.5 Å². The standard InChI is InChI=1S/C22H27NO4/c1-4-15-6-8-16(9-7-15)17-12-18-20(19(24)13-17)14(3)21(23-18)22(25)27-11-10-26-5-2/h6-9,17,23H,4-5,10-13H2,1-3H3/t17-/m1/s1. The molecule has 5 nitrogen and oxygen atoms in total. The molecule has 0 spiro atoms. The van der Waals surface area contributed by atoms with Gasteiger partial charge in [0.05, 0.1) is 6.61 Å². The summed E-state index contributed by atoms with van der Waals surface area (Å²) in [5.74, 6) is -0.211. The number of esters is 1. The summed E-state index contributed by atoms with van der Waals surface area (Å²) in [6.45, 7) is 6.99. The molecule has 5 heteroatoms. The highest BCUT2D eigenvalue weighted by Gasteiger charge is 2.32. The fourth-order valence-electron chi connectivity index (χ4n) is 3.71. The number of hydrogen-bond acceptors (Lipinski definition) is 4. The number of ketones is 1. The molecule has 2 aromatic rings. The van der Waals surface area contributed by atoms with Gasteiger partial charge in [0, 0.05) is 24.3 Å². The molecule has 27 heavy (non-hydrogen) atoms. The molecule has 0 fully saturated rings. The van der Waals surface area contributed by atoms with Crippen LogP contribution in [0, 0.1) is 6.92 Å². The van der Waals surface area contributed by atoms with Crippen LogP contribution in [-0.4, -0.2) is 36.6 Å². The molecule has 1 aromatic carbocycles. The van der Waals surface area contributed by atoms with Crippen LogP contribution in [0.2, 0.25) is 0 Å². The molecule has 0 amide bonds. The molecule has 1 aliphatic carbocycles. The predicted octanol–water partition coefficient (Wildman–Crippen LogP) is 3.99. The quantitative estimate of drug-likeness (QED) is 0.592. The maximum Gasteiger partial charge on any atom is 0.355 e. The normalized spacial score (nSPS) is 16.3. The van der Waals surface area contributed by atoms with E-state index in [0.29, 0.717) is 36.5 Å². The van der Waals surface area contributed by atoms with E-state index in [-0.39, 0.29) is 18.3 Å². The Morgan fingerprint density at radius 1 is 1.15 bits per heavy atom. The van der Waals surface area contributed by atoms with Gasteiger partial charge < -0.3 is 14.5 Å². The van der Waals surface area contributed by atoms with Gasteiger partial charge in [0.15, 0.2) is 5.78 Å². The van der Waals surface area contributed by atoms with Crippen molar-refractivity contribution in [2.24, 2.45) is 0 Å².